The fourth-order valence-corrected chi connectivity index (χ4v) is 3.14. The van der Waals surface area contributed by atoms with Crippen LogP contribution >= 0.6 is 0 Å². The maximum Gasteiger partial charge on any atom is 0.186 e. The topological polar surface area (TPSA) is 88.4 Å². The molecule has 0 aromatic heterocycles. The summed E-state index contributed by atoms with van der Waals surface area (Å²) in [6.07, 6.45) is 7.38. The van der Waals surface area contributed by atoms with Gasteiger partial charge < -0.3 is 29.5 Å². The molecule has 0 aliphatic carbocycles. The van der Waals surface area contributed by atoms with E-state index < -0.39 is 30.7 Å². The van der Waals surface area contributed by atoms with Crippen LogP contribution in [0.15, 0.2) is 0 Å². The SMILES string of the molecule is CCCCCCCCCCCCOC[C@H]1O[C@@H](OC)C(O)C(O)[C@@H]1O. The fourth-order valence-electron chi connectivity index (χ4n) is 3.14. The first-order chi connectivity index (χ1) is 12.1. The molecule has 150 valence electrons. The lowest BCUT2D eigenvalue weighted by molar-refractivity contribution is -0.296. The van der Waals surface area contributed by atoms with Crippen molar-refractivity contribution >= 4 is 0 Å². The van der Waals surface area contributed by atoms with E-state index in [1.54, 1.807) is 0 Å². The highest BCUT2D eigenvalue weighted by molar-refractivity contribution is 4.88. The molecule has 0 aromatic carbocycles. The third-order valence-electron chi connectivity index (χ3n) is 4.83. The summed E-state index contributed by atoms with van der Waals surface area (Å²) in [5.41, 5.74) is 0. The van der Waals surface area contributed by atoms with E-state index >= 15 is 0 Å². The van der Waals surface area contributed by atoms with Crippen molar-refractivity contribution in [2.75, 3.05) is 20.3 Å². The molecular weight excluding hydrogens is 324 g/mol. The zero-order valence-corrected chi connectivity index (χ0v) is 15.9. The molecule has 0 spiro atoms. The van der Waals surface area contributed by atoms with Crippen LogP contribution < -0.4 is 0 Å². The normalized spacial score (nSPS) is 29.9. The van der Waals surface area contributed by atoms with Crippen molar-refractivity contribution in [1.29, 1.82) is 0 Å². The first-order valence-electron chi connectivity index (χ1n) is 9.92. The van der Waals surface area contributed by atoms with E-state index in [4.69, 9.17) is 14.2 Å². The molecule has 0 aromatic rings. The maximum atomic E-state index is 9.93. The predicted molar refractivity (Wildman–Crippen MR) is 96.4 cm³/mol. The van der Waals surface area contributed by atoms with Gasteiger partial charge in [0.05, 0.1) is 6.61 Å². The Kier molecular flexibility index (Phi) is 12.7. The van der Waals surface area contributed by atoms with E-state index in [1.807, 2.05) is 0 Å². The molecule has 6 heteroatoms. The van der Waals surface area contributed by atoms with Gasteiger partial charge in [0.15, 0.2) is 6.29 Å². The van der Waals surface area contributed by atoms with Crippen LogP contribution in [-0.4, -0.2) is 66.3 Å². The molecular formula is C19H38O6. The first kappa shape index (κ1) is 22.8. The smallest absolute Gasteiger partial charge is 0.186 e. The van der Waals surface area contributed by atoms with Gasteiger partial charge >= 0.3 is 0 Å². The summed E-state index contributed by atoms with van der Waals surface area (Å²) in [6, 6.07) is 0. The number of rotatable bonds is 14. The Hall–Kier alpha value is -0.240. The molecule has 1 rings (SSSR count). The van der Waals surface area contributed by atoms with Crippen molar-refractivity contribution in [1.82, 2.24) is 0 Å². The number of ether oxygens (including phenoxy) is 3. The molecule has 0 bridgehead atoms. The van der Waals surface area contributed by atoms with Gasteiger partial charge in [-0.3, -0.25) is 0 Å². The number of unbranched alkanes of at least 4 members (excludes halogenated alkanes) is 9. The van der Waals surface area contributed by atoms with Crippen LogP contribution in [0.2, 0.25) is 0 Å². The summed E-state index contributed by atoms with van der Waals surface area (Å²) >= 11 is 0. The second kappa shape index (κ2) is 13.9. The molecule has 1 heterocycles. The van der Waals surface area contributed by atoms with Crippen molar-refractivity contribution in [2.24, 2.45) is 0 Å². The Morgan fingerprint density at radius 3 is 1.88 bits per heavy atom. The average Bonchev–Trinajstić information content (AvgIpc) is 2.62. The minimum absolute atomic E-state index is 0.183. The monoisotopic (exact) mass is 362 g/mol. The van der Waals surface area contributed by atoms with E-state index in [9.17, 15) is 15.3 Å². The molecule has 0 amide bonds. The third-order valence-corrected chi connectivity index (χ3v) is 4.83. The number of aliphatic hydroxyl groups is 3. The van der Waals surface area contributed by atoms with Crippen molar-refractivity contribution in [3.8, 4) is 0 Å². The number of methoxy groups -OCH3 is 1. The molecule has 1 saturated heterocycles. The molecule has 1 aliphatic rings. The molecule has 3 N–H and O–H groups in total. The molecule has 0 radical (unpaired) electrons. The summed E-state index contributed by atoms with van der Waals surface area (Å²) in [5.74, 6) is 0. The molecule has 1 fully saturated rings. The van der Waals surface area contributed by atoms with Gasteiger partial charge in [0.2, 0.25) is 0 Å². The highest BCUT2D eigenvalue weighted by atomic mass is 16.7. The van der Waals surface area contributed by atoms with E-state index in [0.717, 1.165) is 12.8 Å². The number of hydrogen-bond donors (Lipinski definition) is 3. The van der Waals surface area contributed by atoms with Crippen LogP contribution in [0.5, 0.6) is 0 Å². The molecule has 6 nitrogen and oxygen atoms in total. The fraction of sp³-hybridized carbons (Fsp3) is 1.00. The van der Waals surface area contributed by atoms with Crippen LogP contribution in [0.1, 0.15) is 71.1 Å². The number of aliphatic hydroxyl groups excluding tert-OH is 3. The largest absolute Gasteiger partial charge is 0.387 e. The Labute approximate surface area is 152 Å². The van der Waals surface area contributed by atoms with Crippen LogP contribution in [0.3, 0.4) is 0 Å². The Morgan fingerprint density at radius 2 is 1.32 bits per heavy atom. The lowest BCUT2D eigenvalue weighted by atomic mass is 9.99. The molecule has 5 atom stereocenters. The van der Waals surface area contributed by atoms with Gasteiger partial charge in [-0.15, -0.1) is 0 Å². The first-order valence-corrected chi connectivity index (χ1v) is 9.92. The molecule has 1 aliphatic heterocycles. The zero-order chi connectivity index (χ0) is 18.5. The Morgan fingerprint density at radius 1 is 0.760 bits per heavy atom. The predicted octanol–water partition coefficient (Wildman–Crippen LogP) is 2.38. The highest BCUT2D eigenvalue weighted by Gasteiger charge is 2.43. The summed E-state index contributed by atoms with van der Waals surface area (Å²) in [4.78, 5) is 0. The van der Waals surface area contributed by atoms with Gasteiger partial charge in [-0.25, -0.2) is 0 Å². The Bertz CT molecular complexity index is 312. The van der Waals surface area contributed by atoms with Crippen LogP contribution in [0, 0.1) is 0 Å². The van der Waals surface area contributed by atoms with Gasteiger partial charge in [-0.05, 0) is 6.42 Å². The second-order valence-electron chi connectivity index (χ2n) is 7.01. The summed E-state index contributed by atoms with van der Waals surface area (Å²) in [6.45, 7) is 3.03. The highest BCUT2D eigenvalue weighted by Crippen LogP contribution is 2.22. The average molecular weight is 363 g/mol. The van der Waals surface area contributed by atoms with Gasteiger partial charge in [0, 0.05) is 13.7 Å². The Balaban J connectivity index is 1.99. The molecule has 25 heavy (non-hydrogen) atoms. The van der Waals surface area contributed by atoms with Crippen LogP contribution in [0.4, 0.5) is 0 Å². The lowest BCUT2D eigenvalue weighted by Crippen LogP contribution is -2.59. The van der Waals surface area contributed by atoms with E-state index in [2.05, 4.69) is 6.92 Å². The van der Waals surface area contributed by atoms with Crippen molar-refractivity contribution < 1.29 is 29.5 Å². The van der Waals surface area contributed by atoms with Gasteiger partial charge in [0.1, 0.15) is 24.4 Å². The quantitative estimate of drug-likeness (QED) is 0.411. The lowest BCUT2D eigenvalue weighted by Gasteiger charge is -2.39. The molecule has 0 saturated carbocycles. The van der Waals surface area contributed by atoms with Crippen molar-refractivity contribution in [3.05, 3.63) is 0 Å². The van der Waals surface area contributed by atoms with E-state index in [-0.39, 0.29) is 6.61 Å². The van der Waals surface area contributed by atoms with Gasteiger partial charge in [0.25, 0.3) is 0 Å². The van der Waals surface area contributed by atoms with Gasteiger partial charge in [-0.2, -0.15) is 0 Å². The summed E-state index contributed by atoms with van der Waals surface area (Å²) in [7, 11) is 1.39. The van der Waals surface area contributed by atoms with Crippen molar-refractivity contribution in [3.63, 3.8) is 0 Å². The molecule has 2 unspecified atom stereocenters. The van der Waals surface area contributed by atoms with Crippen molar-refractivity contribution in [2.45, 2.75) is 102 Å². The summed E-state index contributed by atoms with van der Waals surface area (Å²) < 4.78 is 15.9. The van der Waals surface area contributed by atoms with Crippen LogP contribution in [0.25, 0.3) is 0 Å². The van der Waals surface area contributed by atoms with Gasteiger partial charge in [-0.1, -0.05) is 64.7 Å². The van der Waals surface area contributed by atoms with E-state index in [1.165, 1.54) is 58.5 Å². The number of hydrogen-bond acceptors (Lipinski definition) is 6. The minimum Gasteiger partial charge on any atom is -0.387 e. The summed E-state index contributed by atoms with van der Waals surface area (Å²) in [5, 5.41) is 29.4. The standard InChI is InChI=1S/C19H38O6/c1-3-4-5-6-7-8-9-10-11-12-13-24-14-15-16(20)17(21)18(22)19(23-2)25-15/h15-22H,3-14H2,1-2H3/t15-,16-,17?,18?,19-/m1/s1. The minimum atomic E-state index is -1.29. The van der Waals surface area contributed by atoms with Crippen LogP contribution in [-0.2, 0) is 14.2 Å². The maximum absolute atomic E-state index is 9.93. The zero-order valence-electron chi connectivity index (χ0n) is 15.9. The third kappa shape index (κ3) is 8.80. The second-order valence-corrected chi connectivity index (χ2v) is 7.01. The van der Waals surface area contributed by atoms with E-state index in [0.29, 0.717) is 6.61 Å².